The number of pyridine rings is 1. The van der Waals surface area contributed by atoms with Gasteiger partial charge in [-0.15, -0.1) is 0 Å². The lowest BCUT2D eigenvalue weighted by Gasteiger charge is -2.43. The zero-order valence-electron chi connectivity index (χ0n) is 43.0. The molecule has 9 aromatic rings. The Morgan fingerprint density at radius 3 is 1.18 bits per heavy atom. The van der Waals surface area contributed by atoms with E-state index >= 15 is 0 Å². The minimum absolute atomic E-state index is 0.338. The Bertz CT molecular complexity index is 3620. The van der Waals surface area contributed by atoms with Crippen LogP contribution < -0.4 is 0 Å². The summed E-state index contributed by atoms with van der Waals surface area (Å²) < 4.78 is 0. The van der Waals surface area contributed by atoms with Crippen LogP contribution in [0.15, 0.2) is 188 Å². The Morgan fingerprint density at radius 2 is 0.764 bits per heavy atom. The molecular formula is C69H61N3. The monoisotopic (exact) mass is 931 g/mol. The van der Waals surface area contributed by atoms with E-state index in [1.807, 2.05) is 6.20 Å². The van der Waals surface area contributed by atoms with E-state index in [9.17, 15) is 0 Å². The highest BCUT2D eigenvalue weighted by molar-refractivity contribution is 5.93. The Balaban J connectivity index is 1.16. The van der Waals surface area contributed by atoms with Gasteiger partial charge < -0.3 is 9.80 Å². The number of aromatic nitrogens is 1. The number of fused-ring (bicyclic) bond motifs is 9. The van der Waals surface area contributed by atoms with E-state index in [4.69, 9.17) is 4.98 Å². The zero-order chi connectivity index (χ0) is 49.4. The van der Waals surface area contributed by atoms with Gasteiger partial charge in [-0.25, -0.2) is 0 Å². The predicted molar refractivity (Wildman–Crippen MR) is 297 cm³/mol. The standard InChI is InChI=1S/C69H61N3/c1-42(2)49-34-35-70-60(38-49)68(56-30-12-20-45(5)63(56)64-46(6)21-13-31-57(64)68)52-26-16-24-50(39-52)67(54-28-10-18-43(3)61(54)62-44(4)19-11-29-55(62)67)51-25-17-27-53(40-51)69(72-37-36-71(9)41-72)58-32-14-22-47(7)65(58)66-48(8)23-15-33-59(66)69/h10-40,42H,41H2,1-9H3. The summed E-state index contributed by atoms with van der Waals surface area (Å²) in [6.07, 6.45) is 6.61. The first-order valence-corrected chi connectivity index (χ1v) is 25.9. The van der Waals surface area contributed by atoms with Crippen molar-refractivity contribution in [2.45, 2.75) is 77.7 Å². The molecule has 0 amide bonds. The molecule has 1 aliphatic heterocycles. The average molecular weight is 932 g/mol. The maximum absolute atomic E-state index is 5.45. The Morgan fingerprint density at radius 1 is 0.403 bits per heavy atom. The number of benzene rings is 8. The van der Waals surface area contributed by atoms with Gasteiger partial charge in [-0.05, 0) is 188 Å². The second kappa shape index (κ2) is 15.9. The molecule has 0 N–H and O–H groups in total. The van der Waals surface area contributed by atoms with Crippen molar-refractivity contribution in [3.05, 3.63) is 289 Å². The van der Waals surface area contributed by atoms with Gasteiger partial charge in [-0.1, -0.05) is 172 Å². The summed E-state index contributed by atoms with van der Waals surface area (Å²) in [5, 5.41) is 0. The summed E-state index contributed by atoms with van der Waals surface area (Å²) in [4.78, 5) is 10.3. The average Bonchev–Trinajstić information content (AvgIpc) is 4.13. The highest BCUT2D eigenvalue weighted by atomic mass is 15.4. The normalized spacial score (nSPS) is 15.9. The van der Waals surface area contributed by atoms with Crippen LogP contribution in [0.3, 0.4) is 0 Å². The minimum Gasteiger partial charge on any atom is -0.362 e. The summed E-state index contributed by atoms with van der Waals surface area (Å²) in [7, 11) is 2.19. The van der Waals surface area contributed by atoms with Gasteiger partial charge in [0.1, 0.15) is 5.54 Å². The second-order valence-electron chi connectivity index (χ2n) is 21.7. The van der Waals surface area contributed by atoms with Crippen LogP contribution in [0.4, 0.5) is 0 Å². The van der Waals surface area contributed by atoms with Crippen molar-refractivity contribution in [2.75, 3.05) is 13.7 Å². The largest absolute Gasteiger partial charge is 0.362 e. The summed E-state index contributed by atoms with van der Waals surface area (Å²) in [6.45, 7) is 19.1. The van der Waals surface area contributed by atoms with Crippen molar-refractivity contribution in [1.82, 2.24) is 14.8 Å². The molecule has 3 aliphatic carbocycles. The van der Waals surface area contributed by atoms with Crippen molar-refractivity contribution in [1.29, 1.82) is 0 Å². The lowest BCUT2D eigenvalue weighted by Crippen LogP contribution is -2.45. The Hall–Kier alpha value is -7.75. The van der Waals surface area contributed by atoms with E-state index < -0.39 is 16.4 Å². The minimum atomic E-state index is -0.700. The molecule has 72 heavy (non-hydrogen) atoms. The molecule has 3 nitrogen and oxygen atoms in total. The molecule has 1 aromatic heterocycles. The third-order valence-corrected chi connectivity index (χ3v) is 17.4. The first-order chi connectivity index (χ1) is 34.9. The van der Waals surface area contributed by atoms with E-state index in [1.165, 1.54) is 128 Å². The van der Waals surface area contributed by atoms with E-state index in [-0.39, 0.29) is 0 Å². The second-order valence-corrected chi connectivity index (χ2v) is 21.7. The van der Waals surface area contributed by atoms with Crippen LogP contribution in [0, 0.1) is 41.5 Å². The fourth-order valence-corrected chi connectivity index (χ4v) is 14.3. The number of aryl methyl sites for hydroxylation is 6. The third kappa shape index (κ3) is 5.65. The fraction of sp³-hybridized carbons (Fsp3) is 0.203. The molecule has 0 bridgehead atoms. The van der Waals surface area contributed by atoms with Crippen LogP contribution in [-0.2, 0) is 16.4 Å². The molecule has 0 radical (unpaired) electrons. The molecule has 0 saturated carbocycles. The number of rotatable bonds is 7. The lowest BCUT2D eigenvalue weighted by molar-refractivity contribution is 0.198. The number of hydrogen-bond donors (Lipinski definition) is 0. The van der Waals surface area contributed by atoms with Crippen LogP contribution >= 0.6 is 0 Å². The molecular weight excluding hydrogens is 871 g/mol. The first kappa shape index (κ1) is 44.2. The molecule has 0 fully saturated rings. The van der Waals surface area contributed by atoms with Crippen molar-refractivity contribution >= 4 is 0 Å². The van der Waals surface area contributed by atoms with Crippen LogP contribution in [0.5, 0.6) is 0 Å². The smallest absolute Gasteiger partial charge is 0.118 e. The molecule has 4 aliphatic rings. The van der Waals surface area contributed by atoms with Crippen LogP contribution in [-0.4, -0.2) is 28.5 Å². The summed E-state index contributed by atoms with van der Waals surface area (Å²) in [5.74, 6) is 0.338. The lowest BCUT2D eigenvalue weighted by atomic mass is 9.64. The van der Waals surface area contributed by atoms with Crippen LogP contribution in [0.2, 0.25) is 0 Å². The SMILES string of the molecule is Cc1cccc2c1-c1c(C)cccc1C2(c1cccc(C2(c3cc(C(C)C)ccn3)c3cccc(C)c3-c3c(C)cccc32)c1)c1cccc(C2(N3C=CN(C)C3)c3cccc(C)c3-c3c(C)cccc32)c1. The maximum Gasteiger partial charge on any atom is 0.118 e. The summed E-state index contributed by atoms with van der Waals surface area (Å²) in [5.41, 5.74) is 29.0. The van der Waals surface area contributed by atoms with Gasteiger partial charge in [0.25, 0.3) is 0 Å². The topological polar surface area (TPSA) is 19.4 Å². The van der Waals surface area contributed by atoms with E-state index in [1.54, 1.807) is 0 Å². The molecule has 0 unspecified atom stereocenters. The van der Waals surface area contributed by atoms with Gasteiger partial charge in [0, 0.05) is 25.6 Å². The molecule has 352 valence electrons. The molecule has 3 heteroatoms. The molecule has 0 saturated heterocycles. The number of nitrogens with zero attached hydrogens (tertiary/aromatic N) is 3. The molecule has 13 rings (SSSR count). The molecule has 0 spiro atoms. The van der Waals surface area contributed by atoms with Crippen LogP contribution in [0.25, 0.3) is 33.4 Å². The van der Waals surface area contributed by atoms with Gasteiger partial charge in [-0.3, -0.25) is 4.98 Å². The van der Waals surface area contributed by atoms with Crippen molar-refractivity contribution < 1.29 is 0 Å². The van der Waals surface area contributed by atoms with Gasteiger partial charge in [0.05, 0.1) is 23.2 Å². The highest BCUT2D eigenvalue weighted by Gasteiger charge is 2.54. The van der Waals surface area contributed by atoms with Gasteiger partial charge in [-0.2, -0.15) is 0 Å². The predicted octanol–water partition coefficient (Wildman–Crippen LogP) is 15.7. The molecule has 0 atom stereocenters. The number of hydrogen-bond acceptors (Lipinski definition) is 3. The quantitative estimate of drug-likeness (QED) is 0.159. The summed E-state index contributed by atoms with van der Waals surface area (Å²) in [6, 6.07) is 65.9. The highest BCUT2D eigenvalue weighted by Crippen LogP contribution is 2.63. The van der Waals surface area contributed by atoms with Gasteiger partial charge in [0.2, 0.25) is 0 Å². The van der Waals surface area contributed by atoms with Gasteiger partial charge in [0.15, 0.2) is 0 Å². The Labute approximate surface area is 426 Å². The fourth-order valence-electron chi connectivity index (χ4n) is 14.3. The Kier molecular flexibility index (Phi) is 9.75. The van der Waals surface area contributed by atoms with E-state index in [0.29, 0.717) is 5.92 Å². The van der Waals surface area contributed by atoms with Crippen molar-refractivity contribution in [3.8, 4) is 33.4 Å². The third-order valence-electron chi connectivity index (χ3n) is 17.4. The molecule has 2 heterocycles. The van der Waals surface area contributed by atoms with Gasteiger partial charge >= 0.3 is 0 Å². The zero-order valence-corrected chi connectivity index (χ0v) is 43.0. The van der Waals surface area contributed by atoms with Crippen molar-refractivity contribution in [3.63, 3.8) is 0 Å². The van der Waals surface area contributed by atoms with E-state index in [0.717, 1.165) is 12.4 Å². The molecule has 8 aromatic carbocycles. The van der Waals surface area contributed by atoms with Crippen molar-refractivity contribution in [2.24, 2.45) is 0 Å². The first-order valence-electron chi connectivity index (χ1n) is 25.9. The summed E-state index contributed by atoms with van der Waals surface area (Å²) >= 11 is 0. The maximum atomic E-state index is 5.45. The van der Waals surface area contributed by atoms with Crippen LogP contribution in [0.1, 0.15) is 120 Å². The van der Waals surface area contributed by atoms with E-state index in [2.05, 4.69) is 254 Å².